The van der Waals surface area contributed by atoms with Crippen molar-refractivity contribution in [3.63, 3.8) is 0 Å². The minimum Gasteiger partial charge on any atom is -0.475 e. The van der Waals surface area contributed by atoms with Crippen molar-refractivity contribution in [2.24, 2.45) is 5.92 Å². The maximum absolute atomic E-state index is 13.6. The van der Waals surface area contributed by atoms with E-state index in [9.17, 15) is 30.7 Å². The molecule has 206 valence electrons. The van der Waals surface area contributed by atoms with Crippen LogP contribution in [0, 0.1) is 11.7 Å². The average Bonchev–Trinajstić information content (AvgIpc) is 3.43. The van der Waals surface area contributed by atoms with Gasteiger partial charge in [-0.25, -0.2) is 19.0 Å². The molecule has 2 N–H and O–H groups in total. The molecule has 2 fully saturated rings. The molecule has 2 aromatic rings. The first kappa shape index (κ1) is 29.8. The van der Waals surface area contributed by atoms with Crippen molar-refractivity contribution in [2.75, 3.05) is 26.3 Å². The van der Waals surface area contributed by atoms with Crippen LogP contribution in [0.4, 0.5) is 30.7 Å². The Balaban J connectivity index is 0.000000286. The molecular weight excluding hydrogens is 525 g/mol. The van der Waals surface area contributed by atoms with E-state index in [4.69, 9.17) is 33.7 Å². The Bertz CT molecular complexity index is 999. The van der Waals surface area contributed by atoms with Crippen molar-refractivity contribution in [2.45, 2.75) is 30.9 Å². The van der Waals surface area contributed by atoms with E-state index in [0.717, 1.165) is 32.7 Å². The molecule has 9 nitrogen and oxygen atoms in total. The molecule has 4 rings (SSSR count). The number of carbonyl (C=O) groups is 2. The highest BCUT2D eigenvalue weighted by Gasteiger charge is 2.53. The Morgan fingerprint density at radius 3 is 2.19 bits per heavy atom. The number of nitrogens with zero attached hydrogens (tertiary/aromatic N) is 2. The number of alkyl halides is 6. The Kier molecular flexibility index (Phi) is 9.86. The quantitative estimate of drug-likeness (QED) is 0.540. The van der Waals surface area contributed by atoms with Crippen molar-refractivity contribution >= 4 is 11.9 Å². The molecule has 1 atom stereocenters. The van der Waals surface area contributed by atoms with Gasteiger partial charge < -0.3 is 24.1 Å². The molecule has 0 radical (unpaired) electrons. The largest absolute Gasteiger partial charge is 0.490 e. The van der Waals surface area contributed by atoms with Crippen molar-refractivity contribution in [1.29, 1.82) is 0 Å². The van der Waals surface area contributed by atoms with E-state index in [2.05, 4.69) is 9.88 Å². The number of pyridine rings is 1. The zero-order valence-electron chi connectivity index (χ0n) is 18.8. The fourth-order valence-corrected chi connectivity index (χ4v) is 3.49. The first-order valence-corrected chi connectivity index (χ1v) is 10.3. The number of halogens is 7. The highest BCUT2D eigenvalue weighted by molar-refractivity contribution is 5.73. The maximum atomic E-state index is 13.6. The second-order valence-electron chi connectivity index (χ2n) is 7.88. The van der Waals surface area contributed by atoms with Gasteiger partial charge in [0.15, 0.2) is 5.82 Å². The summed E-state index contributed by atoms with van der Waals surface area (Å²) in [6, 6.07) is 4.90. The number of aromatic nitrogens is 1. The van der Waals surface area contributed by atoms with Crippen molar-refractivity contribution in [3.05, 3.63) is 48.3 Å². The van der Waals surface area contributed by atoms with Gasteiger partial charge in [-0.1, -0.05) is 0 Å². The molecule has 1 unspecified atom stereocenters. The SMILES string of the molecule is Fc1cccnc1OCC1CCOC12CN(Cc1ccoc1)C2.O=C(O)C(F)(F)F.O=C(O)C(F)(F)F. The van der Waals surface area contributed by atoms with Crippen LogP contribution in [-0.2, 0) is 20.9 Å². The van der Waals surface area contributed by atoms with Crippen LogP contribution in [-0.4, -0.2) is 76.3 Å². The third kappa shape index (κ3) is 8.89. The molecular formula is C21H21F7N2O7. The maximum Gasteiger partial charge on any atom is 0.490 e. The standard InChI is InChI=1S/C17H19FN2O3.2C2HF3O2/c18-15-2-1-5-19-16(15)22-10-14-4-7-23-17(14)11-20(12-17)8-13-3-6-21-9-13;2*3-2(4,5)1(6)7/h1-3,5-6,9,14H,4,7-8,10-12H2;2*(H,6,7). The lowest BCUT2D eigenvalue weighted by molar-refractivity contribution is -0.193. The van der Waals surface area contributed by atoms with Gasteiger partial charge in [0.2, 0.25) is 5.88 Å². The zero-order valence-corrected chi connectivity index (χ0v) is 18.8. The molecule has 0 aliphatic carbocycles. The first-order chi connectivity index (χ1) is 17.1. The van der Waals surface area contributed by atoms with E-state index in [1.807, 2.05) is 6.07 Å². The van der Waals surface area contributed by atoms with Gasteiger partial charge in [0.05, 0.1) is 24.7 Å². The highest BCUT2D eigenvalue weighted by atomic mass is 19.4. The number of carboxylic acid groups (broad SMARTS) is 2. The summed E-state index contributed by atoms with van der Waals surface area (Å²) < 4.78 is 93.8. The topological polar surface area (TPSA) is 122 Å². The van der Waals surface area contributed by atoms with Gasteiger partial charge in [-0.2, -0.15) is 26.3 Å². The molecule has 16 heteroatoms. The lowest BCUT2D eigenvalue weighted by Crippen LogP contribution is -2.64. The zero-order chi connectivity index (χ0) is 27.9. The molecule has 37 heavy (non-hydrogen) atoms. The van der Waals surface area contributed by atoms with E-state index in [1.54, 1.807) is 18.6 Å². The van der Waals surface area contributed by atoms with Crippen LogP contribution in [0.3, 0.4) is 0 Å². The van der Waals surface area contributed by atoms with E-state index in [1.165, 1.54) is 17.8 Å². The molecule has 0 saturated carbocycles. The van der Waals surface area contributed by atoms with E-state index in [0.29, 0.717) is 6.61 Å². The van der Waals surface area contributed by atoms with E-state index >= 15 is 0 Å². The minimum absolute atomic E-state index is 0.0733. The average molecular weight is 546 g/mol. The number of rotatable bonds is 5. The summed E-state index contributed by atoms with van der Waals surface area (Å²) in [7, 11) is 0. The molecule has 0 amide bonds. The van der Waals surface area contributed by atoms with Gasteiger partial charge in [-0.15, -0.1) is 0 Å². The summed E-state index contributed by atoms with van der Waals surface area (Å²) >= 11 is 0. The Morgan fingerprint density at radius 2 is 1.70 bits per heavy atom. The fourth-order valence-electron chi connectivity index (χ4n) is 3.49. The number of likely N-dealkylation sites (tertiary alicyclic amines) is 1. The highest BCUT2D eigenvalue weighted by Crippen LogP contribution is 2.40. The summed E-state index contributed by atoms with van der Waals surface area (Å²) in [6.45, 7) is 3.78. The number of carboxylic acids is 2. The first-order valence-electron chi connectivity index (χ1n) is 10.3. The summed E-state index contributed by atoms with van der Waals surface area (Å²) in [6.07, 6.45) is -4.23. The second kappa shape index (κ2) is 12.2. The van der Waals surface area contributed by atoms with E-state index < -0.39 is 30.1 Å². The summed E-state index contributed by atoms with van der Waals surface area (Å²) in [4.78, 5) is 24.1. The molecule has 2 aliphatic rings. The molecule has 4 heterocycles. The molecule has 0 bridgehead atoms. The lowest BCUT2D eigenvalue weighted by Gasteiger charge is -2.50. The fraction of sp³-hybridized carbons (Fsp3) is 0.476. The van der Waals surface area contributed by atoms with Crippen LogP contribution in [0.2, 0.25) is 0 Å². The summed E-state index contributed by atoms with van der Waals surface area (Å²) in [5.41, 5.74) is 1.01. The summed E-state index contributed by atoms with van der Waals surface area (Å²) in [5.74, 6) is -5.59. The van der Waals surface area contributed by atoms with Crippen LogP contribution in [0.25, 0.3) is 0 Å². The van der Waals surface area contributed by atoms with Gasteiger partial charge in [-0.3, -0.25) is 4.90 Å². The monoisotopic (exact) mass is 546 g/mol. The number of ether oxygens (including phenoxy) is 2. The minimum atomic E-state index is -5.08. The smallest absolute Gasteiger partial charge is 0.475 e. The van der Waals surface area contributed by atoms with Gasteiger partial charge in [0, 0.05) is 43.9 Å². The molecule has 2 saturated heterocycles. The van der Waals surface area contributed by atoms with Crippen LogP contribution >= 0.6 is 0 Å². The van der Waals surface area contributed by atoms with E-state index in [-0.39, 0.29) is 17.4 Å². The van der Waals surface area contributed by atoms with Crippen molar-refractivity contribution in [3.8, 4) is 5.88 Å². The Hall–Kier alpha value is -3.40. The van der Waals surface area contributed by atoms with Crippen molar-refractivity contribution in [1.82, 2.24) is 9.88 Å². The van der Waals surface area contributed by atoms with Gasteiger partial charge in [-0.05, 0) is 24.6 Å². The van der Waals surface area contributed by atoms with Gasteiger partial charge >= 0.3 is 24.3 Å². The lowest BCUT2D eigenvalue weighted by atomic mass is 9.81. The third-order valence-corrected chi connectivity index (χ3v) is 5.20. The van der Waals surface area contributed by atoms with Crippen LogP contribution < -0.4 is 4.74 Å². The number of hydrogen-bond donors (Lipinski definition) is 2. The van der Waals surface area contributed by atoms with Crippen molar-refractivity contribution < 1.29 is 64.4 Å². The predicted octanol–water partition coefficient (Wildman–Crippen LogP) is 3.75. The normalized spacial score (nSPS) is 18.6. The summed E-state index contributed by atoms with van der Waals surface area (Å²) in [5, 5.41) is 14.2. The molecule has 2 aromatic heterocycles. The van der Waals surface area contributed by atoms with Crippen LogP contribution in [0.5, 0.6) is 5.88 Å². The second-order valence-corrected chi connectivity index (χ2v) is 7.88. The molecule has 1 spiro atoms. The van der Waals surface area contributed by atoms with Crippen LogP contribution in [0.15, 0.2) is 41.3 Å². The number of furan rings is 1. The third-order valence-electron chi connectivity index (χ3n) is 5.20. The van der Waals surface area contributed by atoms with Gasteiger partial charge in [0.25, 0.3) is 0 Å². The number of hydrogen-bond acceptors (Lipinski definition) is 7. The Labute approximate surface area is 204 Å². The van der Waals surface area contributed by atoms with Crippen LogP contribution in [0.1, 0.15) is 12.0 Å². The predicted molar refractivity (Wildman–Crippen MR) is 108 cm³/mol. The molecule has 0 aromatic carbocycles. The Morgan fingerprint density at radius 1 is 1.11 bits per heavy atom. The number of aliphatic carboxylic acids is 2. The van der Waals surface area contributed by atoms with Gasteiger partial charge in [0.1, 0.15) is 0 Å². The molecule has 2 aliphatic heterocycles.